The van der Waals surface area contributed by atoms with Crippen molar-refractivity contribution in [2.45, 2.75) is 125 Å². The molecular formula is C45H58N4OSi2. The van der Waals surface area contributed by atoms with Gasteiger partial charge in [-0.15, -0.1) is 0 Å². The molecule has 0 saturated carbocycles. The summed E-state index contributed by atoms with van der Waals surface area (Å²) >= 11 is 0. The number of hydrogen-bond acceptors (Lipinski definition) is 3. The topological polar surface area (TPSA) is 40.4 Å². The lowest BCUT2D eigenvalue weighted by Crippen LogP contribution is -2.53. The number of benzene rings is 4. The summed E-state index contributed by atoms with van der Waals surface area (Å²) < 4.78 is 12.2. The first-order valence-electron chi connectivity index (χ1n) is 18.5. The number of ether oxygens (including phenoxy) is 1. The number of amidine groups is 2. The molecule has 52 heavy (non-hydrogen) atoms. The predicted molar refractivity (Wildman–Crippen MR) is 225 cm³/mol. The van der Waals surface area contributed by atoms with Gasteiger partial charge in [0.25, 0.3) is 0 Å². The number of nitrogens with zero attached hydrogens (tertiary/aromatic N) is 4. The van der Waals surface area contributed by atoms with E-state index in [1.54, 1.807) is 0 Å². The Kier molecular flexibility index (Phi) is 10.9. The van der Waals surface area contributed by atoms with E-state index in [9.17, 15) is 0 Å². The molecule has 4 aromatic carbocycles. The minimum Gasteiger partial charge on any atom is -0.457 e. The molecular weight excluding hydrogens is 669 g/mol. The summed E-state index contributed by atoms with van der Waals surface area (Å²) in [5.74, 6) is 3.92. The predicted octanol–water partition coefficient (Wildman–Crippen LogP) is 9.30. The number of rotatable bonds is 6. The maximum atomic E-state index is 7.26. The Bertz CT molecular complexity index is 1780. The van der Waals surface area contributed by atoms with Gasteiger partial charge in [0.1, 0.15) is 23.2 Å². The second kappa shape index (κ2) is 14.5. The number of hydrogen-bond donors (Lipinski definition) is 0. The molecule has 0 fully saturated rings. The summed E-state index contributed by atoms with van der Waals surface area (Å²) in [7, 11) is 0.591. The molecule has 0 spiro atoms. The Morgan fingerprint density at radius 1 is 0.500 bits per heavy atom. The highest BCUT2D eigenvalue weighted by Crippen LogP contribution is 2.46. The number of para-hydroxylation sites is 2. The molecule has 5 rings (SSSR count). The minimum atomic E-state index is -0.271. The molecule has 0 bridgehead atoms. The van der Waals surface area contributed by atoms with Gasteiger partial charge in [0.05, 0.1) is 11.1 Å². The summed E-state index contributed by atoms with van der Waals surface area (Å²) in [6.45, 7) is 31.4. The van der Waals surface area contributed by atoms with Gasteiger partial charge in [0.2, 0.25) is 19.4 Å². The summed E-state index contributed by atoms with van der Waals surface area (Å²) in [6.07, 6.45) is 0. The van der Waals surface area contributed by atoms with Crippen molar-refractivity contribution in [3.63, 3.8) is 0 Å². The molecule has 1 heterocycles. The van der Waals surface area contributed by atoms with Crippen LogP contribution in [0.25, 0.3) is 0 Å². The van der Waals surface area contributed by atoms with Crippen molar-refractivity contribution in [2.24, 2.45) is 9.98 Å². The van der Waals surface area contributed by atoms with Crippen molar-refractivity contribution in [3.8, 4) is 11.5 Å². The highest BCUT2D eigenvalue weighted by Gasteiger charge is 2.39. The fourth-order valence-corrected chi connectivity index (χ4v) is 8.95. The second-order valence-corrected chi connectivity index (χ2v) is 20.7. The van der Waals surface area contributed by atoms with Gasteiger partial charge < -0.3 is 13.9 Å². The van der Waals surface area contributed by atoms with Crippen LogP contribution in [0.1, 0.15) is 119 Å². The van der Waals surface area contributed by atoms with Crippen molar-refractivity contribution in [1.29, 1.82) is 0 Å². The third-order valence-corrected chi connectivity index (χ3v) is 12.2. The van der Waals surface area contributed by atoms with Crippen LogP contribution in [-0.2, 0) is 5.41 Å². The van der Waals surface area contributed by atoms with E-state index < -0.39 is 0 Å². The first-order chi connectivity index (χ1) is 24.1. The van der Waals surface area contributed by atoms with E-state index in [1.165, 1.54) is 21.5 Å². The molecule has 0 unspecified atom stereocenters. The zero-order chi connectivity index (χ0) is 38.3. The van der Waals surface area contributed by atoms with Crippen LogP contribution < -0.4 is 15.1 Å². The van der Waals surface area contributed by atoms with Crippen LogP contribution in [0.15, 0.2) is 107 Å². The lowest BCUT2D eigenvalue weighted by atomic mass is 9.76. The van der Waals surface area contributed by atoms with Crippen molar-refractivity contribution in [3.05, 3.63) is 119 Å². The molecule has 272 valence electrons. The maximum Gasteiger partial charge on any atom is 0.227 e. The Morgan fingerprint density at radius 2 is 0.846 bits per heavy atom. The number of fused-ring (bicyclic) bond motifs is 2. The molecule has 1 aliphatic rings. The quantitative estimate of drug-likeness (QED) is 0.113. The zero-order valence-corrected chi connectivity index (χ0v) is 35.9. The molecule has 0 aromatic heterocycles. The van der Waals surface area contributed by atoms with Crippen LogP contribution in [0.5, 0.6) is 11.5 Å². The maximum absolute atomic E-state index is 7.26. The standard InChI is InChI=1S/C45H58N4OSi2/c1-41(2,3)46-39(31-23-17-15-18-24-31)48(43(7,8)9)51-35-29-21-27-33-37(35)50-38-34(45(33,13)14)28-22-30-36(38)52-49(44(10,11)12)40(47-42(4,5)6)32-25-19-16-20-26-32/h15-30H,1-14H3. The fraction of sp³-hybridized carbons (Fsp3) is 0.422. The monoisotopic (exact) mass is 726 g/mol. The van der Waals surface area contributed by atoms with E-state index in [2.05, 4.69) is 203 Å². The van der Waals surface area contributed by atoms with E-state index in [0.717, 1.165) is 34.3 Å². The molecule has 4 radical (unpaired) electrons. The van der Waals surface area contributed by atoms with E-state index in [-0.39, 0.29) is 27.6 Å². The van der Waals surface area contributed by atoms with Gasteiger partial charge >= 0.3 is 0 Å². The van der Waals surface area contributed by atoms with Crippen LogP contribution >= 0.6 is 0 Å². The highest BCUT2D eigenvalue weighted by atomic mass is 28.2. The van der Waals surface area contributed by atoms with Gasteiger partial charge in [-0.1, -0.05) is 111 Å². The lowest BCUT2D eigenvalue weighted by Gasteiger charge is -2.42. The Hall–Kier alpha value is -3.95. The fourth-order valence-electron chi connectivity index (χ4n) is 6.32. The first kappa shape index (κ1) is 39.3. The van der Waals surface area contributed by atoms with Gasteiger partial charge in [-0.2, -0.15) is 0 Å². The Morgan fingerprint density at radius 3 is 1.15 bits per heavy atom. The smallest absolute Gasteiger partial charge is 0.227 e. The summed E-state index contributed by atoms with van der Waals surface area (Å²) in [5.41, 5.74) is 3.47. The van der Waals surface area contributed by atoms with Crippen LogP contribution in [0.4, 0.5) is 0 Å². The third kappa shape index (κ3) is 8.98. The summed E-state index contributed by atoms with van der Waals surface area (Å²) in [4.78, 5) is 10.7. The van der Waals surface area contributed by atoms with Gasteiger partial charge in [-0.25, -0.2) is 0 Å². The van der Waals surface area contributed by atoms with E-state index in [1.807, 2.05) is 0 Å². The molecule has 1 aliphatic heterocycles. The zero-order valence-electron chi connectivity index (χ0n) is 33.9. The summed E-state index contributed by atoms with van der Waals surface area (Å²) in [5, 5.41) is 2.35. The highest BCUT2D eigenvalue weighted by molar-refractivity contribution is 6.57. The van der Waals surface area contributed by atoms with E-state index in [0.29, 0.717) is 19.4 Å². The Balaban J connectivity index is 1.64. The molecule has 7 heteroatoms. The van der Waals surface area contributed by atoms with E-state index in [4.69, 9.17) is 14.7 Å². The van der Waals surface area contributed by atoms with Crippen LogP contribution in [0.3, 0.4) is 0 Å². The first-order valence-corrected chi connectivity index (χ1v) is 20.3. The average Bonchev–Trinajstić information content (AvgIpc) is 3.03. The molecule has 0 amide bonds. The van der Waals surface area contributed by atoms with Gasteiger partial charge in [0, 0.05) is 49.1 Å². The van der Waals surface area contributed by atoms with Gasteiger partial charge in [-0.3, -0.25) is 9.98 Å². The molecule has 5 nitrogen and oxygen atoms in total. The van der Waals surface area contributed by atoms with Gasteiger partial charge in [-0.05, 0) is 83.1 Å². The van der Waals surface area contributed by atoms with Crippen molar-refractivity contribution in [2.75, 3.05) is 0 Å². The van der Waals surface area contributed by atoms with E-state index >= 15 is 0 Å². The average molecular weight is 727 g/mol. The lowest BCUT2D eigenvalue weighted by molar-refractivity contribution is 0.357. The number of aliphatic imine (C=N–C) groups is 2. The normalized spacial score (nSPS) is 15.0. The molecule has 0 N–H and O–H groups in total. The Labute approximate surface area is 319 Å². The largest absolute Gasteiger partial charge is 0.457 e. The van der Waals surface area contributed by atoms with Crippen molar-refractivity contribution >= 4 is 41.4 Å². The molecule has 0 saturated heterocycles. The minimum absolute atomic E-state index is 0.205. The van der Waals surface area contributed by atoms with Crippen LogP contribution in [-0.4, -0.2) is 62.3 Å². The second-order valence-electron chi connectivity index (χ2n) is 18.3. The molecule has 0 aliphatic carbocycles. The molecule has 0 atom stereocenters. The summed E-state index contributed by atoms with van der Waals surface area (Å²) in [6, 6.07) is 34.6. The van der Waals surface area contributed by atoms with Gasteiger partial charge in [0.15, 0.2) is 0 Å². The van der Waals surface area contributed by atoms with Crippen LogP contribution in [0, 0.1) is 0 Å². The third-order valence-electron chi connectivity index (χ3n) is 8.76. The van der Waals surface area contributed by atoms with Crippen LogP contribution in [0.2, 0.25) is 0 Å². The van der Waals surface area contributed by atoms with Crippen molar-refractivity contribution < 1.29 is 4.74 Å². The van der Waals surface area contributed by atoms with Crippen molar-refractivity contribution in [1.82, 2.24) is 9.13 Å². The molecule has 4 aromatic rings. The SMILES string of the molecule is CC(C)(C)N=C(c1ccccc1)N([Si]c1cccc2c1Oc1c([Si]N(C(=NC(C)(C)C)c3ccccc3)C(C)(C)C)cccc1C2(C)C)C(C)(C)C.